The van der Waals surface area contributed by atoms with Crippen molar-refractivity contribution in [2.24, 2.45) is 0 Å². The second-order valence-electron chi connectivity index (χ2n) is 5.73. The zero-order valence-corrected chi connectivity index (χ0v) is 13.9. The maximum atomic E-state index is 11.4. The minimum Gasteiger partial charge on any atom is -0.387 e. The number of nitrogens with one attached hydrogen (secondary N) is 1. The van der Waals surface area contributed by atoms with Gasteiger partial charge in [-0.05, 0) is 12.5 Å². The third-order valence-electron chi connectivity index (χ3n) is 3.92. The van der Waals surface area contributed by atoms with Crippen molar-refractivity contribution < 1.29 is 9.90 Å². The Labute approximate surface area is 146 Å². The molecule has 0 aliphatic heterocycles. The molecule has 3 aromatic rings. The van der Waals surface area contributed by atoms with Gasteiger partial charge >= 0.3 is 0 Å². The molecule has 0 bridgehead atoms. The summed E-state index contributed by atoms with van der Waals surface area (Å²) >= 11 is 0. The molecular formula is C20H19N3O2. The molecular weight excluding hydrogens is 314 g/mol. The fourth-order valence-corrected chi connectivity index (χ4v) is 2.48. The molecule has 0 amide bonds. The highest BCUT2D eigenvalue weighted by Crippen LogP contribution is 2.20. The Hall–Kier alpha value is -3.05. The molecule has 3 rings (SSSR count). The van der Waals surface area contributed by atoms with Gasteiger partial charge in [-0.1, -0.05) is 54.6 Å². The van der Waals surface area contributed by atoms with E-state index in [-0.39, 0.29) is 5.78 Å². The number of carbonyl (C=O) groups excluding carboxylic acids is 1. The molecule has 0 unspecified atom stereocenters. The van der Waals surface area contributed by atoms with E-state index in [1.807, 2.05) is 48.5 Å². The topological polar surface area (TPSA) is 75.1 Å². The number of hydrogen-bond acceptors (Lipinski definition) is 5. The maximum absolute atomic E-state index is 11.4. The highest BCUT2D eigenvalue weighted by molar-refractivity contribution is 5.94. The van der Waals surface area contributed by atoms with Crippen LogP contribution in [0.1, 0.15) is 28.9 Å². The van der Waals surface area contributed by atoms with Gasteiger partial charge in [0.1, 0.15) is 12.1 Å². The van der Waals surface area contributed by atoms with Gasteiger partial charge in [-0.15, -0.1) is 0 Å². The fraction of sp³-hybridized carbons (Fsp3) is 0.150. The van der Waals surface area contributed by atoms with E-state index >= 15 is 0 Å². The Morgan fingerprint density at radius 3 is 2.48 bits per heavy atom. The Bertz CT molecular complexity index is 848. The zero-order chi connectivity index (χ0) is 17.6. The first kappa shape index (κ1) is 16.8. The Kier molecular flexibility index (Phi) is 5.16. The third kappa shape index (κ3) is 4.28. The SMILES string of the molecule is CC(=O)c1ccc(-c2cc(NC[C@H](O)c3ccccc3)ncn2)cc1. The Morgan fingerprint density at radius 1 is 1.08 bits per heavy atom. The molecule has 0 radical (unpaired) electrons. The number of aliphatic hydroxyl groups excluding tert-OH is 1. The second-order valence-corrected chi connectivity index (χ2v) is 5.73. The van der Waals surface area contributed by atoms with Crippen LogP contribution in [0, 0.1) is 0 Å². The summed E-state index contributed by atoms with van der Waals surface area (Å²) in [5.41, 5.74) is 3.17. The highest BCUT2D eigenvalue weighted by atomic mass is 16.3. The Balaban J connectivity index is 1.70. The van der Waals surface area contributed by atoms with Crippen LogP contribution in [0.5, 0.6) is 0 Å². The van der Waals surface area contributed by atoms with Crippen molar-refractivity contribution in [2.45, 2.75) is 13.0 Å². The average Bonchev–Trinajstić information content (AvgIpc) is 2.67. The number of Topliss-reactive ketones (excluding diaryl/α,β-unsaturated/α-hetero) is 1. The lowest BCUT2D eigenvalue weighted by molar-refractivity contribution is 0.101. The summed E-state index contributed by atoms with van der Waals surface area (Å²) < 4.78 is 0. The lowest BCUT2D eigenvalue weighted by Crippen LogP contribution is -2.13. The number of hydrogen-bond donors (Lipinski definition) is 2. The van der Waals surface area contributed by atoms with Gasteiger partial charge in [0.2, 0.25) is 0 Å². The minimum atomic E-state index is -0.616. The molecule has 1 heterocycles. The largest absolute Gasteiger partial charge is 0.387 e. The van der Waals surface area contributed by atoms with E-state index in [2.05, 4.69) is 15.3 Å². The Morgan fingerprint density at radius 2 is 1.80 bits per heavy atom. The second kappa shape index (κ2) is 7.68. The maximum Gasteiger partial charge on any atom is 0.159 e. The van der Waals surface area contributed by atoms with Crippen molar-refractivity contribution in [3.05, 3.63) is 78.1 Å². The van der Waals surface area contributed by atoms with Crippen LogP contribution in [0.15, 0.2) is 67.0 Å². The summed E-state index contributed by atoms with van der Waals surface area (Å²) in [6.45, 7) is 1.89. The number of aliphatic hydroxyl groups is 1. The van der Waals surface area contributed by atoms with Crippen molar-refractivity contribution in [1.82, 2.24) is 9.97 Å². The third-order valence-corrected chi connectivity index (χ3v) is 3.92. The van der Waals surface area contributed by atoms with Crippen LogP contribution in [-0.4, -0.2) is 27.4 Å². The van der Waals surface area contributed by atoms with E-state index in [0.717, 1.165) is 16.8 Å². The van der Waals surface area contributed by atoms with Crippen LogP contribution >= 0.6 is 0 Å². The van der Waals surface area contributed by atoms with E-state index in [1.165, 1.54) is 6.33 Å². The summed E-state index contributed by atoms with van der Waals surface area (Å²) in [4.78, 5) is 19.8. The van der Waals surface area contributed by atoms with Crippen LogP contribution in [0.25, 0.3) is 11.3 Å². The van der Waals surface area contributed by atoms with Crippen LogP contribution in [0.3, 0.4) is 0 Å². The number of rotatable bonds is 6. The first-order valence-electron chi connectivity index (χ1n) is 8.04. The van der Waals surface area contributed by atoms with Gasteiger partial charge in [-0.2, -0.15) is 0 Å². The molecule has 0 saturated carbocycles. The quantitative estimate of drug-likeness (QED) is 0.675. The number of anilines is 1. The van der Waals surface area contributed by atoms with Crippen molar-refractivity contribution in [3.8, 4) is 11.3 Å². The van der Waals surface area contributed by atoms with Crippen LogP contribution < -0.4 is 5.32 Å². The molecule has 126 valence electrons. The number of nitrogens with zero attached hydrogens (tertiary/aromatic N) is 2. The van der Waals surface area contributed by atoms with Crippen molar-refractivity contribution in [1.29, 1.82) is 0 Å². The van der Waals surface area contributed by atoms with Crippen molar-refractivity contribution in [2.75, 3.05) is 11.9 Å². The standard InChI is InChI=1S/C20H19N3O2/c1-14(24)15-7-9-16(10-8-15)18-11-20(23-13-22-18)21-12-19(25)17-5-3-2-4-6-17/h2-11,13,19,25H,12H2,1H3,(H,21,22,23)/t19-/m0/s1. The molecule has 0 aliphatic rings. The first-order chi connectivity index (χ1) is 12.1. The molecule has 0 spiro atoms. The van der Waals surface area contributed by atoms with Crippen molar-refractivity contribution in [3.63, 3.8) is 0 Å². The molecule has 2 aromatic carbocycles. The average molecular weight is 333 g/mol. The first-order valence-corrected chi connectivity index (χ1v) is 8.04. The zero-order valence-electron chi connectivity index (χ0n) is 13.9. The number of benzene rings is 2. The minimum absolute atomic E-state index is 0.0338. The summed E-state index contributed by atoms with van der Waals surface area (Å²) in [6, 6.07) is 18.6. The molecule has 25 heavy (non-hydrogen) atoms. The molecule has 1 atom stereocenters. The summed E-state index contributed by atoms with van der Waals surface area (Å²) in [5, 5.41) is 13.3. The van der Waals surface area contributed by atoms with Gasteiger partial charge in [0.05, 0.1) is 11.8 Å². The molecule has 5 heteroatoms. The van der Waals surface area contributed by atoms with Gasteiger partial charge in [0.25, 0.3) is 0 Å². The van der Waals surface area contributed by atoms with Crippen LogP contribution in [-0.2, 0) is 0 Å². The van der Waals surface area contributed by atoms with Gasteiger partial charge in [-0.3, -0.25) is 4.79 Å². The van der Waals surface area contributed by atoms with E-state index in [4.69, 9.17) is 0 Å². The molecule has 1 aromatic heterocycles. The lowest BCUT2D eigenvalue weighted by atomic mass is 10.1. The molecule has 0 aliphatic carbocycles. The molecule has 5 nitrogen and oxygen atoms in total. The normalized spacial score (nSPS) is 11.8. The monoisotopic (exact) mass is 333 g/mol. The lowest BCUT2D eigenvalue weighted by Gasteiger charge is -2.13. The van der Waals surface area contributed by atoms with E-state index in [9.17, 15) is 9.90 Å². The smallest absolute Gasteiger partial charge is 0.159 e. The molecule has 0 saturated heterocycles. The van der Waals surface area contributed by atoms with E-state index < -0.39 is 6.10 Å². The van der Waals surface area contributed by atoms with Crippen LogP contribution in [0.4, 0.5) is 5.82 Å². The molecule has 2 N–H and O–H groups in total. The summed E-state index contributed by atoms with van der Waals surface area (Å²) in [7, 11) is 0. The fourth-order valence-electron chi connectivity index (χ4n) is 2.48. The summed E-state index contributed by atoms with van der Waals surface area (Å²) in [5.74, 6) is 0.669. The predicted octanol–water partition coefficient (Wildman–Crippen LogP) is 3.49. The van der Waals surface area contributed by atoms with Crippen molar-refractivity contribution >= 4 is 11.6 Å². The number of ketones is 1. The molecule has 0 fully saturated rings. The van der Waals surface area contributed by atoms with E-state index in [1.54, 1.807) is 19.1 Å². The number of carbonyl (C=O) groups is 1. The van der Waals surface area contributed by atoms with Gasteiger partial charge < -0.3 is 10.4 Å². The van der Waals surface area contributed by atoms with Gasteiger partial charge in [0, 0.05) is 23.7 Å². The highest BCUT2D eigenvalue weighted by Gasteiger charge is 2.08. The predicted molar refractivity (Wildman–Crippen MR) is 97.4 cm³/mol. The van der Waals surface area contributed by atoms with Crippen LogP contribution in [0.2, 0.25) is 0 Å². The van der Waals surface area contributed by atoms with Gasteiger partial charge in [0.15, 0.2) is 5.78 Å². The summed E-state index contributed by atoms with van der Waals surface area (Å²) in [6.07, 6.45) is 0.861. The van der Waals surface area contributed by atoms with E-state index in [0.29, 0.717) is 17.9 Å². The van der Waals surface area contributed by atoms with Gasteiger partial charge in [-0.25, -0.2) is 9.97 Å². The number of aromatic nitrogens is 2.